The molecular weight excluding hydrogens is 276 g/mol. The molecule has 0 unspecified atom stereocenters. The topological polar surface area (TPSA) is 75.4 Å². The van der Waals surface area contributed by atoms with E-state index in [0.717, 1.165) is 18.6 Å². The molecule has 2 aromatic heterocycles. The highest BCUT2D eigenvalue weighted by atomic mass is 32.1. The lowest BCUT2D eigenvalue weighted by molar-refractivity contribution is 0.0931. The SMILES string of the molecule is Cc1ccc(-c2nc(C(=O)NCC3(CO)CC3)cs2)o1. The number of carbonyl (C=O) groups excluding carboxylic acids is 1. The number of hydrogen-bond donors (Lipinski definition) is 2. The third kappa shape index (κ3) is 2.62. The minimum absolute atomic E-state index is 0.0906. The van der Waals surface area contributed by atoms with E-state index in [4.69, 9.17) is 4.42 Å². The Labute approximate surface area is 120 Å². The highest BCUT2D eigenvalue weighted by Gasteiger charge is 2.42. The molecule has 1 aliphatic rings. The quantitative estimate of drug-likeness (QED) is 0.886. The molecule has 5 nitrogen and oxygen atoms in total. The van der Waals surface area contributed by atoms with Gasteiger partial charge in [0, 0.05) is 17.3 Å². The second-order valence-corrected chi connectivity index (χ2v) is 6.15. The monoisotopic (exact) mass is 292 g/mol. The molecule has 20 heavy (non-hydrogen) atoms. The Bertz CT molecular complexity index is 628. The van der Waals surface area contributed by atoms with Crippen molar-refractivity contribution in [1.29, 1.82) is 0 Å². The summed E-state index contributed by atoms with van der Waals surface area (Å²) in [6.07, 6.45) is 1.94. The summed E-state index contributed by atoms with van der Waals surface area (Å²) in [6, 6.07) is 3.72. The summed E-state index contributed by atoms with van der Waals surface area (Å²) in [7, 11) is 0. The van der Waals surface area contributed by atoms with E-state index < -0.39 is 0 Å². The number of rotatable bonds is 5. The molecule has 6 heteroatoms. The predicted octanol–water partition coefficient (Wildman–Crippen LogP) is 2.21. The molecule has 0 atom stereocenters. The molecule has 0 saturated heterocycles. The van der Waals surface area contributed by atoms with Gasteiger partial charge in [-0.15, -0.1) is 11.3 Å². The lowest BCUT2D eigenvalue weighted by Gasteiger charge is -2.11. The summed E-state index contributed by atoms with van der Waals surface area (Å²) < 4.78 is 5.49. The maximum atomic E-state index is 12.0. The number of thiazole rings is 1. The molecule has 2 heterocycles. The number of nitrogens with zero attached hydrogens (tertiary/aromatic N) is 1. The van der Waals surface area contributed by atoms with Gasteiger partial charge in [-0.1, -0.05) is 0 Å². The molecule has 0 radical (unpaired) electrons. The standard InChI is InChI=1S/C14H16N2O3S/c1-9-2-3-11(19-9)13-16-10(6-20-13)12(18)15-7-14(8-17)4-5-14/h2-3,6,17H,4-5,7-8H2,1H3,(H,15,18). The highest BCUT2D eigenvalue weighted by molar-refractivity contribution is 7.13. The normalized spacial score (nSPS) is 16.1. The van der Waals surface area contributed by atoms with Gasteiger partial charge in [0.2, 0.25) is 0 Å². The first-order chi connectivity index (χ1) is 9.62. The number of amides is 1. The van der Waals surface area contributed by atoms with Gasteiger partial charge >= 0.3 is 0 Å². The van der Waals surface area contributed by atoms with Crippen LogP contribution in [0, 0.1) is 12.3 Å². The lowest BCUT2D eigenvalue weighted by Crippen LogP contribution is -2.32. The minimum atomic E-state index is -0.199. The molecule has 0 spiro atoms. The second-order valence-electron chi connectivity index (χ2n) is 5.29. The maximum absolute atomic E-state index is 12.0. The summed E-state index contributed by atoms with van der Waals surface area (Å²) in [6.45, 7) is 2.50. The van der Waals surface area contributed by atoms with Gasteiger partial charge in [-0.2, -0.15) is 0 Å². The molecule has 1 saturated carbocycles. The Balaban J connectivity index is 1.65. The van der Waals surface area contributed by atoms with Crippen LogP contribution in [0.5, 0.6) is 0 Å². The van der Waals surface area contributed by atoms with Gasteiger partial charge in [-0.3, -0.25) is 4.79 Å². The minimum Gasteiger partial charge on any atom is -0.459 e. The van der Waals surface area contributed by atoms with Gasteiger partial charge in [-0.25, -0.2) is 4.98 Å². The first-order valence-electron chi connectivity index (χ1n) is 6.53. The van der Waals surface area contributed by atoms with E-state index in [2.05, 4.69) is 10.3 Å². The molecule has 1 fully saturated rings. The van der Waals surface area contributed by atoms with E-state index in [9.17, 15) is 9.90 Å². The molecule has 106 valence electrons. The van der Waals surface area contributed by atoms with Crippen molar-refractivity contribution in [2.45, 2.75) is 19.8 Å². The van der Waals surface area contributed by atoms with Gasteiger partial charge in [0.25, 0.3) is 5.91 Å². The first kappa shape index (κ1) is 13.3. The summed E-state index contributed by atoms with van der Waals surface area (Å²) >= 11 is 1.38. The first-order valence-corrected chi connectivity index (χ1v) is 7.41. The zero-order valence-electron chi connectivity index (χ0n) is 11.2. The fourth-order valence-corrected chi connectivity index (χ4v) is 2.73. The Morgan fingerprint density at radius 2 is 2.35 bits per heavy atom. The molecule has 3 rings (SSSR count). The number of aliphatic hydroxyl groups is 1. The molecule has 0 bridgehead atoms. The number of nitrogens with one attached hydrogen (secondary N) is 1. The molecule has 2 N–H and O–H groups in total. The van der Waals surface area contributed by atoms with E-state index in [0.29, 0.717) is 23.0 Å². The number of aryl methyl sites for hydroxylation is 1. The number of furan rings is 1. The lowest BCUT2D eigenvalue weighted by atomic mass is 10.1. The third-order valence-corrected chi connectivity index (χ3v) is 4.46. The summed E-state index contributed by atoms with van der Waals surface area (Å²) in [5, 5.41) is 14.5. The van der Waals surface area contributed by atoms with E-state index in [-0.39, 0.29) is 17.9 Å². The van der Waals surface area contributed by atoms with Crippen molar-refractivity contribution in [3.63, 3.8) is 0 Å². The van der Waals surface area contributed by atoms with Crippen LogP contribution in [0.15, 0.2) is 21.9 Å². The molecular formula is C14H16N2O3S. The van der Waals surface area contributed by atoms with Crippen molar-refractivity contribution in [3.8, 4) is 10.8 Å². The average Bonchev–Trinajstić information content (AvgIpc) is 2.86. The van der Waals surface area contributed by atoms with Crippen LogP contribution in [-0.2, 0) is 0 Å². The number of carbonyl (C=O) groups is 1. The number of hydrogen-bond acceptors (Lipinski definition) is 5. The fraction of sp³-hybridized carbons (Fsp3) is 0.429. The summed E-state index contributed by atoms with van der Waals surface area (Å²) in [4.78, 5) is 16.3. The molecule has 1 amide bonds. The summed E-state index contributed by atoms with van der Waals surface area (Å²) in [5.41, 5.74) is 0.305. The van der Waals surface area contributed by atoms with E-state index in [1.54, 1.807) is 5.38 Å². The molecule has 1 aliphatic carbocycles. The Kier molecular flexibility index (Phi) is 3.35. The Morgan fingerprint density at radius 1 is 1.55 bits per heavy atom. The predicted molar refractivity (Wildman–Crippen MR) is 75.6 cm³/mol. The van der Waals surface area contributed by atoms with Crippen molar-refractivity contribution in [3.05, 3.63) is 29.0 Å². The highest BCUT2D eigenvalue weighted by Crippen LogP contribution is 2.44. The van der Waals surface area contributed by atoms with Crippen LogP contribution < -0.4 is 5.32 Å². The number of aliphatic hydroxyl groups excluding tert-OH is 1. The van der Waals surface area contributed by atoms with Crippen LogP contribution >= 0.6 is 11.3 Å². The van der Waals surface area contributed by atoms with Crippen LogP contribution in [0.2, 0.25) is 0 Å². The van der Waals surface area contributed by atoms with Crippen molar-refractivity contribution >= 4 is 17.2 Å². The second kappa shape index (κ2) is 5.03. The molecule has 0 aliphatic heterocycles. The maximum Gasteiger partial charge on any atom is 0.270 e. The molecule has 0 aromatic carbocycles. The Morgan fingerprint density at radius 3 is 2.95 bits per heavy atom. The van der Waals surface area contributed by atoms with E-state index in [1.807, 2.05) is 19.1 Å². The van der Waals surface area contributed by atoms with Crippen LogP contribution in [0.4, 0.5) is 0 Å². The van der Waals surface area contributed by atoms with Crippen molar-refractivity contribution < 1.29 is 14.3 Å². The zero-order valence-corrected chi connectivity index (χ0v) is 12.0. The zero-order chi connectivity index (χ0) is 14.2. The van der Waals surface area contributed by atoms with Crippen LogP contribution in [0.3, 0.4) is 0 Å². The van der Waals surface area contributed by atoms with E-state index >= 15 is 0 Å². The van der Waals surface area contributed by atoms with Gasteiger partial charge in [0.15, 0.2) is 10.8 Å². The van der Waals surface area contributed by atoms with Crippen LogP contribution in [0.1, 0.15) is 29.1 Å². The fourth-order valence-electron chi connectivity index (χ4n) is 1.97. The van der Waals surface area contributed by atoms with Crippen molar-refractivity contribution in [2.24, 2.45) is 5.41 Å². The molecule has 2 aromatic rings. The third-order valence-electron chi connectivity index (χ3n) is 3.60. The van der Waals surface area contributed by atoms with Gasteiger partial charge in [0.1, 0.15) is 11.5 Å². The van der Waals surface area contributed by atoms with Crippen LogP contribution in [0.25, 0.3) is 10.8 Å². The van der Waals surface area contributed by atoms with Crippen molar-refractivity contribution in [2.75, 3.05) is 13.2 Å². The Hall–Kier alpha value is -1.66. The largest absolute Gasteiger partial charge is 0.459 e. The average molecular weight is 292 g/mol. The van der Waals surface area contributed by atoms with E-state index in [1.165, 1.54) is 11.3 Å². The van der Waals surface area contributed by atoms with Gasteiger partial charge in [-0.05, 0) is 31.9 Å². The van der Waals surface area contributed by atoms with Crippen molar-refractivity contribution in [1.82, 2.24) is 10.3 Å². The van der Waals surface area contributed by atoms with Crippen LogP contribution in [-0.4, -0.2) is 29.1 Å². The summed E-state index contributed by atoms with van der Waals surface area (Å²) in [5.74, 6) is 1.30. The van der Waals surface area contributed by atoms with Gasteiger partial charge < -0.3 is 14.8 Å². The number of aromatic nitrogens is 1. The smallest absolute Gasteiger partial charge is 0.270 e. The van der Waals surface area contributed by atoms with Gasteiger partial charge in [0.05, 0.1) is 6.61 Å².